The molecule has 0 aliphatic heterocycles. The molecule has 0 fully saturated rings. The predicted molar refractivity (Wildman–Crippen MR) is 74.6 cm³/mol. The molecule has 0 aliphatic carbocycles. The van der Waals surface area contributed by atoms with Crippen LogP contribution in [0.1, 0.15) is 24.2 Å². The third kappa shape index (κ3) is 3.13. The normalized spacial score (nSPS) is 10.5. The molecule has 0 unspecified atom stereocenters. The molecule has 0 aromatic heterocycles. The van der Waals surface area contributed by atoms with Crippen LogP contribution in [0.4, 0.5) is 0 Å². The van der Waals surface area contributed by atoms with Gasteiger partial charge in [0.05, 0.1) is 11.7 Å². The second-order valence-electron chi connectivity index (χ2n) is 4.55. The van der Waals surface area contributed by atoms with E-state index in [2.05, 4.69) is 0 Å². The van der Waals surface area contributed by atoms with E-state index < -0.39 is 5.97 Å². The zero-order chi connectivity index (χ0) is 13.8. The number of rotatable bonds is 4. The average molecular weight is 256 g/mol. The monoisotopic (exact) mass is 256 g/mol. The Kier molecular flexibility index (Phi) is 3.85. The number of hydrogen-bond donors (Lipinski definition) is 1. The Labute approximate surface area is 112 Å². The van der Waals surface area contributed by atoms with Crippen LogP contribution in [0.15, 0.2) is 48.5 Å². The van der Waals surface area contributed by atoms with Crippen molar-refractivity contribution in [2.75, 3.05) is 0 Å². The van der Waals surface area contributed by atoms with Gasteiger partial charge in [0, 0.05) is 5.56 Å². The van der Waals surface area contributed by atoms with Gasteiger partial charge in [-0.1, -0.05) is 30.3 Å². The standard InChI is InChI=1S/C16H16O3/c1-11(2)19-15-9-4-3-8-14(15)12-6-5-7-13(10-12)16(17)18/h3-11H,1-2H3,(H,17,18). The lowest BCUT2D eigenvalue weighted by Crippen LogP contribution is -2.06. The number of para-hydroxylation sites is 1. The number of carbonyl (C=O) groups is 1. The van der Waals surface area contributed by atoms with Crippen LogP contribution in [0.25, 0.3) is 11.1 Å². The maximum Gasteiger partial charge on any atom is 0.335 e. The highest BCUT2D eigenvalue weighted by Crippen LogP contribution is 2.30. The summed E-state index contributed by atoms with van der Waals surface area (Å²) in [5.74, 6) is -0.163. The Morgan fingerprint density at radius 2 is 1.84 bits per heavy atom. The first-order valence-corrected chi connectivity index (χ1v) is 6.17. The number of aromatic carboxylic acids is 1. The summed E-state index contributed by atoms with van der Waals surface area (Å²) in [5.41, 5.74) is 2.02. The molecule has 0 amide bonds. The summed E-state index contributed by atoms with van der Waals surface area (Å²) >= 11 is 0. The van der Waals surface area contributed by atoms with Gasteiger partial charge in [-0.3, -0.25) is 0 Å². The maximum absolute atomic E-state index is 11.0. The van der Waals surface area contributed by atoms with Crippen molar-refractivity contribution >= 4 is 5.97 Å². The zero-order valence-corrected chi connectivity index (χ0v) is 11.0. The molecule has 0 radical (unpaired) electrons. The Bertz CT molecular complexity index is 588. The summed E-state index contributed by atoms with van der Waals surface area (Å²) in [7, 11) is 0. The lowest BCUT2D eigenvalue weighted by molar-refractivity contribution is 0.0697. The lowest BCUT2D eigenvalue weighted by atomic mass is 10.0. The van der Waals surface area contributed by atoms with E-state index in [0.717, 1.165) is 16.9 Å². The van der Waals surface area contributed by atoms with Crippen LogP contribution < -0.4 is 4.74 Å². The maximum atomic E-state index is 11.0. The molecule has 2 aromatic rings. The van der Waals surface area contributed by atoms with E-state index in [4.69, 9.17) is 9.84 Å². The van der Waals surface area contributed by atoms with Crippen molar-refractivity contribution in [2.24, 2.45) is 0 Å². The third-order valence-corrected chi connectivity index (χ3v) is 2.67. The molecule has 0 spiro atoms. The van der Waals surface area contributed by atoms with Gasteiger partial charge in [-0.05, 0) is 37.6 Å². The molecule has 0 bridgehead atoms. The van der Waals surface area contributed by atoms with Crippen LogP contribution >= 0.6 is 0 Å². The van der Waals surface area contributed by atoms with Gasteiger partial charge in [0.2, 0.25) is 0 Å². The fourth-order valence-electron chi connectivity index (χ4n) is 1.88. The molecule has 0 aliphatic rings. The van der Waals surface area contributed by atoms with Crippen molar-refractivity contribution in [3.63, 3.8) is 0 Å². The minimum absolute atomic E-state index is 0.0730. The van der Waals surface area contributed by atoms with Gasteiger partial charge in [-0.15, -0.1) is 0 Å². The molecule has 0 heterocycles. The first kappa shape index (κ1) is 13.1. The highest BCUT2D eigenvalue weighted by atomic mass is 16.5. The number of carboxylic acid groups (broad SMARTS) is 1. The van der Waals surface area contributed by atoms with E-state index >= 15 is 0 Å². The highest BCUT2D eigenvalue weighted by molar-refractivity contribution is 5.89. The van der Waals surface area contributed by atoms with Crippen molar-refractivity contribution in [2.45, 2.75) is 20.0 Å². The topological polar surface area (TPSA) is 46.5 Å². The molecule has 19 heavy (non-hydrogen) atoms. The van der Waals surface area contributed by atoms with Crippen molar-refractivity contribution in [3.05, 3.63) is 54.1 Å². The van der Waals surface area contributed by atoms with E-state index in [-0.39, 0.29) is 11.7 Å². The predicted octanol–water partition coefficient (Wildman–Crippen LogP) is 3.84. The molecular formula is C16H16O3. The molecule has 98 valence electrons. The van der Waals surface area contributed by atoms with Crippen LogP contribution in [0, 0.1) is 0 Å². The van der Waals surface area contributed by atoms with Gasteiger partial charge < -0.3 is 9.84 Å². The summed E-state index contributed by atoms with van der Waals surface area (Å²) in [6, 6.07) is 14.5. The molecule has 0 saturated carbocycles. The molecule has 1 N–H and O–H groups in total. The lowest BCUT2D eigenvalue weighted by Gasteiger charge is -2.14. The summed E-state index contributed by atoms with van der Waals surface area (Å²) in [6.45, 7) is 3.93. The zero-order valence-electron chi connectivity index (χ0n) is 11.0. The fourth-order valence-corrected chi connectivity index (χ4v) is 1.88. The van der Waals surface area contributed by atoms with E-state index in [0.29, 0.717) is 0 Å². The fraction of sp³-hybridized carbons (Fsp3) is 0.188. The largest absolute Gasteiger partial charge is 0.490 e. The molecule has 0 saturated heterocycles. The van der Waals surface area contributed by atoms with Gasteiger partial charge in [0.1, 0.15) is 5.75 Å². The second kappa shape index (κ2) is 5.57. The number of carboxylic acids is 1. The van der Waals surface area contributed by atoms with Crippen molar-refractivity contribution in [1.82, 2.24) is 0 Å². The first-order chi connectivity index (χ1) is 9.08. The van der Waals surface area contributed by atoms with E-state index in [1.165, 1.54) is 0 Å². The quantitative estimate of drug-likeness (QED) is 0.904. The van der Waals surface area contributed by atoms with Crippen LogP contribution in [0.5, 0.6) is 5.75 Å². The molecule has 3 nitrogen and oxygen atoms in total. The minimum Gasteiger partial charge on any atom is -0.490 e. The van der Waals surface area contributed by atoms with E-state index in [9.17, 15) is 4.79 Å². The van der Waals surface area contributed by atoms with Gasteiger partial charge >= 0.3 is 5.97 Å². The smallest absolute Gasteiger partial charge is 0.335 e. The van der Waals surface area contributed by atoms with Crippen LogP contribution in [-0.4, -0.2) is 17.2 Å². The van der Waals surface area contributed by atoms with Gasteiger partial charge in [-0.2, -0.15) is 0 Å². The van der Waals surface area contributed by atoms with Gasteiger partial charge in [0.25, 0.3) is 0 Å². The first-order valence-electron chi connectivity index (χ1n) is 6.17. The van der Waals surface area contributed by atoms with Crippen LogP contribution in [0.2, 0.25) is 0 Å². The van der Waals surface area contributed by atoms with Gasteiger partial charge in [0.15, 0.2) is 0 Å². The Morgan fingerprint density at radius 1 is 1.11 bits per heavy atom. The number of benzene rings is 2. The molecule has 0 atom stereocenters. The Morgan fingerprint density at radius 3 is 2.53 bits per heavy atom. The van der Waals surface area contributed by atoms with E-state index in [1.54, 1.807) is 18.2 Å². The molecule has 3 heteroatoms. The van der Waals surface area contributed by atoms with Crippen LogP contribution in [-0.2, 0) is 0 Å². The summed E-state index contributed by atoms with van der Waals surface area (Å²) < 4.78 is 5.75. The highest BCUT2D eigenvalue weighted by Gasteiger charge is 2.09. The van der Waals surface area contributed by atoms with Gasteiger partial charge in [-0.25, -0.2) is 4.79 Å². The van der Waals surface area contributed by atoms with Crippen molar-refractivity contribution < 1.29 is 14.6 Å². The summed E-state index contributed by atoms with van der Waals surface area (Å²) in [6.07, 6.45) is 0.0730. The molecule has 2 aromatic carbocycles. The third-order valence-electron chi connectivity index (χ3n) is 2.67. The summed E-state index contributed by atoms with van der Waals surface area (Å²) in [4.78, 5) is 11.0. The second-order valence-corrected chi connectivity index (χ2v) is 4.55. The Hall–Kier alpha value is -2.29. The molecular weight excluding hydrogens is 240 g/mol. The minimum atomic E-state index is -0.927. The van der Waals surface area contributed by atoms with Crippen LogP contribution in [0.3, 0.4) is 0 Å². The number of ether oxygens (including phenoxy) is 1. The van der Waals surface area contributed by atoms with Crippen molar-refractivity contribution in [3.8, 4) is 16.9 Å². The summed E-state index contributed by atoms with van der Waals surface area (Å²) in [5, 5.41) is 9.04. The average Bonchev–Trinajstić information content (AvgIpc) is 2.39. The Balaban J connectivity index is 2.46. The van der Waals surface area contributed by atoms with Crippen molar-refractivity contribution in [1.29, 1.82) is 0 Å². The SMILES string of the molecule is CC(C)Oc1ccccc1-c1cccc(C(=O)O)c1. The molecule has 2 rings (SSSR count). The van der Waals surface area contributed by atoms with E-state index in [1.807, 2.05) is 44.2 Å². The number of hydrogen-bond acceptors (Lipinski definition) is 2.